The summed E-state index contributed by atoms with van der Waals surface area (Å²) in [5.41, 5.74) is 1.92. The standard InChI is InChI=1S/C17H21NO2/c1-2-20-15-8-12(9-15)10-17(19)14-6-5-13-4-3-7-18-16(13)11-14/h3-7,11-12,15,17,19H,2,8-10H2,1H3. The highest BCUT2D eigenvalue weighted by Crippen LogP contribution is 2.37. The van der Waals surface area contributed by atoms with Gasteiger partial charge in [-0.2, -0.15) is 0 Å². The van der Waals surface area contributed by atoms with E-state index in [-0.39, 0.29) is 0 Å². The van der Waals surface area contributed by atoms with Gasteiger partial charge in [0.1, 0.15) is 0 Å². The van der Waals surface area contributed by atoms with Crippen LogP contribution in [0.4, 0.5) is 0 Å². The molecule has 1 unspecified atom stereocenters. The molecule has 1 heterocycles. The zero-order valence-corrected chi connectivity index (χ0v) is 11.8. The molecule has 3 heteroatoms. The summed E-state index contributed by atoms with van der Waals surface area (Å²) in [6, 6.07) is 10.0. The molecule has 1 N–H and O–H groups in total. The third kappa shape index (κ3) is 2.84. The maximum Gasteiger partial charge on any atom is 0.0793 e. The fourth-order valence-electron chi connectivity index (χ4n) is 2.98. The Hall–Kier alpha value is -1.45. The molecular weight excluding hydrogens is 250 g/mol. The van der Waals surface area contributed by atoms with Gasteiger partial charge in [-0.15, -0.1) is 0 Å². The van der Waals surface area contributed by atoms with Crippen molar-refractivity contribution in [2.45, 2.75) is 38.4 Å². The molecule has 0 bridgehead atoms. The van der Waals surface area contributed by atoms with Crippen LogP contribution in [0.2, 0.25) is 0 Å². The molecule has 106 valence electrons. The lowest BCUT2D eigenvalue weighted by molar-refractivity contribution is -0.0380. The van der Waals surface area contributed by atoms with Gasteiger partial charge in [-0.1, -0.05) is 18.2 Å². The van der Waals surface area contributed by atoms with Crippen LogP contribution in [0.1, 0.15) is 37.9 Å². The molecule has 20 heavy (non-hydrogen) atoms. The van der Waals surface area contributed by atoms with Crippen molar-refractivity contribution in [3.8, 4) is 0 Å². The molecule has 2 aromatic rings. The first kappa shape index (κ1) is 13.5. The lowest BCUT2D eigenvalue weighted by Gasteiger charge is -2.36. The lowest BCUT2D eigenvalue weighted by atomic mass is 9.78. The summed E-state index contributed by atoms with van der Waals surface area (Å²) in [5, 5.41) is 11.5. The zero-order valence-electron chi connectivity index (χ0n) is 11.8. The predicted octanol–water partition coefficient (Wildman–Crippen LogP) is 3.47. The number of pyridine rings is 1. The summed E-state index contributed by atoms with van der Waals surface area (Å²) in [4.78, 5) is 4.34. The van der Waals surface area contributed by atoms with Gasteiger partial charge >= 0.3 is 0 Å². The number of nitrogens with zero attached hydrogens (tertiary/aromatic N) is 1. The van der Waals surface area contributed by atoms with Crippen molar-refractivity contribution in [3.63, 3.8) is 0 Å². The fourth-order valence-corrected chi connectivity index (χ4v) is 2.98. The van der Waals surface area contributed by atoms with E-state index in [1.165, 1.54) is 0 Å². The normalized spacial score (nSPS) is 23.5. The van der Waals surface area contributed by atoms with Crippen molar-refractivity contribution < 1.29 is 9.84 Å². The van der Waals surface area contributed by atoms with Gasteiger partial charge < -0.3 is 9.84 Å². The first-order chi connectivity index (χ1) is 9.76. The van der Waals surface area contributed by atoms with E-state index in [0.717, 1.165) is 42.3 Å². The zero-order chi connectivity index (χ0) is 13.9. The Labute approximate surface area is 119 Å². The maximum atomic E-state index is 10.4. The molecular formula is C17H21NO2. The quantitative estimate of drug-likeness (QED) is 0.905. The molecule has 3 nitrogen and oxygen atoms in total. The topological polar surface area (TPSA) is 42.4 Å². The number of aliphatic hydroxyl groups excluding tert-OH is 1. The molecule has 0 radical (unpaired) electrons. The average Bonchev–Trinajstić information content (AvgIpc) is 2.44. The van der Waals surface area contributed by atoms with Gasteiger partial charge in [0.2, 0.25) is 0 Å². The van der Waals surface area contributed by atoms with Crippen molar-refractivity contribution in [2.75, 3.05) is 6.61 Å². The summed E-state index contributed by atoms with van der Waals surface area (Å²) >= 11 is 0. The van der Waals surface area contributed by atoms with Gasteiger partial charge in [-0.25, -0.2) is 0 Å². The van der Waals surface area contributed by atoms with Crippen LogP contribution >= 0.6 is 0 Å². The summed E-state index contributed by atoms with van der Waals surface area (Å²) < 4.78 is 5.56. The van der Waals surface area contributed by atoms with E-state index in [1.807, 2.05) is 37.3 Å². The molecule has 1 aliphatic carbocycles. The summed E-state index contributed by atoms with van der Waals surface area (Å²) in [7, 11) is 0. The molecule has 0 amide bonds. The Bertz CT molecular complexity index is 578. The number of aromatic nitrogens is 1. The minimum Gasteiger partial charge on any atom is -0.388 e. The van der Waals surface area contributed by atoms with Crippen LogP contribution in [0.25, 0.3) is 10.9 Å². The van der Waals surface area contributed by atoms with E-state index in [0.29, 0.717) is 12.0 Å². The number of hydrogen-bond acceptors (Lipinski definition) is 3. The van der Waals surface area contributed by atoms with Crippen LogP contribution in [0.3, 0.4) is 0 Å². The number of fused-ring (bicyclic) bond motifs is 1. The summed E-state index contributed by atoms with van der Waals surface area (Å²) in [6.07, 6.45) is 4.79. The van der Waals surface area contributed by atoms with Gasteiger partial charge in [0, 0.05) is 18.2 Å². The third-order valence-corrected chi connectivity index (χ3v) is 4.17. The van der Waals surface area contributed by atoms with Crippen LogP contribution in [0.15, 0.2) is 36.5 Å². The van der Waals surface area contributed by atoms with Crippen molar-refractivity contribution >= 4 is 10.9 Å². The second kappa shape index (κ2) is 5.90. The van der Waals surface area contributed by atoms with Crippen LogP contribution in [-0.2, 0) is 4.74 Å². The number of rotatable bonds is 5. The first-order valence-electron chi connectivity index (χ1n) is 7.40. The molecule has 0 aliphatic heterocycles. The third-order valence-electron chi connectivity index (χ3n) is 4.17. The number of hydrogen-bond donors (Lipinski definition) is 1. The molecule has 1 aromatic heterocycles. The Morgan fingerprint density at radius 1 is 1.35 bits per heavy atom. The van der Waals surface area contributed by atoms with E-state index in [4.69, 9.17) is 4.74 Å². The van der Waals surface area contributed by atoms with E-state index in [9.17, 15) is 5.11 Å². The summed E-state index contributed by atoms with van der Waals surface area (Å²) in [6.45, 7) is 2.82. The molecule has 1 aliphatic rings. The second-order valence-corrected chi connectivity index (χ2v) is 5.62. The molecule has 3 rings (SSSR count). The van der Waals surface area contributed by atoms with Gasteiger partial charge in [-0.3, -0.25) is 4.98 Å². The minimum absolute atomic E-state index is 0.394. The van der Waals surface area contributed by atoms with E-state index in [1.54, 1.807) is 6.20 Å². The highest BCUT2D eigenvalue weighted by molar-refractivity contribution is 5.78. The van der Waals surface area contributed by atoms with E-state index in [2.05, 4.69) is 4.98 Å². The highest BCUT2D eigenvalue weighted by Gasteiger charge is 2.31. The molecule has 1 fully saturated rings. The van der Waals surface area contributed by atoms with Gasteiger partial charge in [-0.05, 0) is 49.8 Å². The molecule has 0 spiro atoms. The van der Waals surface area contributed by atoms with E-state index >= 15 is 0 Å². The minimum atomic E-state index is -0.394. The van der Waals surface area contributed by atoms with Crippen LogP contribution in [-0.4, -0.2) is 22.8 Å². The van der Waals surface area contributed by atoms with Gasteiger partial charge in [0.25, 0.3) is 0 Å². The Balaban J connectivity index is 1.63. The van der Waals surface area contributed by atoms with Crippen molar-refractivity contribution in [2.24, 2.45) is 5.92 Å². The highest BCUT2D eigenvalue weighted by atomic mass is 16.5. The molecule has 1 aromatic carbocycles. The predicted molar refractivity (Wildman–Crippen MR) is 79.5 cm³/mol. The number of benzene rings is 1. The fraction of sp³-hybridized carbons (Fsp3) is 0.471. The monoisotopic (exact) mass is 271 g/mol. The van der Waals surface area contributed by atoms with Gasteiger partial charge in [0.05, 0.1) is 17.7 Å². The summed E-state index contributed by atoms with van der Waals surface area (Å²) in [5.74, 6) is 0.584. The van der Waals surface area contributed by atoms with E-state index < -0.39 is 6.10 Å². The Morgan fingerprint density at radius 3 is 3.00 bits per heavy atom. The Morgan fingerprint density at radius 2 is 2.20 bits per heavy atom. The van der Waals surface area contributed by atoms with Crippen molar-refractivity contribution in [3.05, 3.63) is 42.1 Å². The SMILES string of the molecule is CCOC1CC(CC(O)c2ccc3cccnc3c2)C1. The first-order valence-corrected chi connectivity index (χ1v) is 7.40. The average molecular weight is 271 g/mol. The molecule has 1 atom stereocenters. The largest absolute Gasteiger partial charge is 0.388 e. The number of ether oxygens (including phenoxy) is 1. The molecule has 0 saturated heterocycles. The van der Waals surface area contributed by atoms with Crippen molar-refractivity contribution in [1.82, 2.24) is 4.98 Å². The number of aliphatic hydroxyl groups is 1. The van der Waals surface area contributed by atoms with Crippen molar-refractivity contribution in [1.29, 1.82) is 0 Å². The molecule has 1 saturated carbocycles. The van der Waals surface area contributed by atoms with Crippen LogP contribution in [0, 0.1) is 5.92 Å². The van der Waals surface area contributed by atoms with Gasteiger partial charge in [0.15, 0.2) is 0 Å². The Kier molecular flexibility index (Phi) is 3.99. The smallest absolute Gasteiger partial charge is 0.0793 e. The van der Waals surface area contributed by atoms with Crippen LogP contribution < -0.4 is 0 Å². The maximum absolute atomic E-state index is 10.4. The van der Waals surface area contributed by atoms with Crippen LogP contribution in [0.5, 0.6) is 0 Å². The lowest BCUT2D eigenvalue weighted by Crippen LogP contribution is -2.32. The second-order valence-electron chi connectivity index (χ2n) is 5.62.